The monoisotopic (exact) mass is 320 g/mol. The van der Waals surface area contributed by atoms with Gasteiger partial charge in [0.25, 0.3) is 0 Å². The van der Waals surface area contributed by atoms with E-state index in [1.807, 2.05) is 24.3 Å². The molecule has 1 heterocycles. The van der Waals surface area contributed by atoms with Crippen molar-refractivity contribution in [3.8, 4) is 5.75 Å². The molecule has 1 aromatic rings. The van der Waals surface area contributed by atoms with E-state index >= 15 is 0 Å². The second kappa shape index (κ2) is 8.89. The van der Waals surface area contributed by atoms with Gasteiger partial charge in [0.1, 0.15) is 12.4 Å². The smallest absolute Gasteiger partial charge is 0.223 e. The highest BCUT2D eigenvalue weighted by Crippen LogP contribution is 2.21. The third-order valence-corrected chi connectivity index (χ3v) is 4.41. The molecule has 5 nitrogen and oxygen atoms in total. The molecule has 1 amide bonds. The molecule has 0 radical (unpaired) electrons. The number of benzene rings is 1. The number of aliphatic hydroxyl groups excluding tert-OH is 1. The zero-order chi connectivity index (χ0) is 16.7. The molecular formula is C18H28N2O3. The first-order chi connectivity index (χ1) is 11.1. The van der Waals surface area contributed by atoms with E-state index in [4.69, 9.17) is 9.84 Å². The van der Waals surface area contributed by atoms with E-state index in [1.165, 1.54) is 0 Å². The Hall–Kier alpha value is -1.59. The van der Waals surface area contributed by atoms with E-state index in [2.05, 4.69) is 24.1 Å². The van der Waals surface area contributed by atoms with Crippen molar-refractivity contribution < 1.29 is 14.6 Å². The number of carbonyl (C=O) groups excluding carboxylic acids is 1. The Balaban J connectivity index is 1.83. The van der Waals surface area contributed by atoms with Gasteiger partial charge in [0.05, 0.1) is 6.61 Å². The van der Waals surface area contributed by atoms with Crippen molar-refractivity contribution in [2.45, 2.75) is 39.3 Å². The summed E-state index contributed by atoms with van der Waals surface area (Å²) >= 11 is 0. The topological polar surface area (TPSA) is 61.8 Å². The lowest BCUT2D eigenvalue weighted by molar-refractivity contribution is -0.126. The first kappa shape index (κ1) is 17.8. The Kier molecular flexibility index (Phi) is 6.86. The fourth-order valence-electron chi connectivity index (χ4n) is 2.95. The fraction of sp³-hybridized carbons (Fsp3) is 0.611. The maximum Gasteiger partial charge on any atom is 0.223 e. The van der Waals surface area contributed by atoms with Gasteiger partial charge in [0.2, 0.25) is 5.91 Å². The summed E-state index contributed by atoms with van der Waals surface area (Å²) < 4.78 is 5.50. The second-order valence-electron chi connectivity index (χ2n) is 6.30. The van der Waals surface area contributed by atoms with E-state index in [9.17, 15) is 4.79 Å². The summed E-state index contributed by atoms with van der Waals surface area (Å²) in [5, 5.41) is 11.9. The molecule has 0 saturated carbocycles. The van der Waals surface area contributed by atoms with Gasteiger partial charge in [0.15, 0.2) is 0 Å². The number of nitrogens with zero attached hydrogens (tertiary/aromatic N) is 1. The lowest BCUT2D eigenvalue weighted by Crippen LogP contribution is -2.42. The highest BCUT2D eigenvalue weighted by Gasteiger charge is 2.25. The summed E-state index contributed by atoms with van der Waals surface area (Å²) in [4.78, 5) is 14.8. The Bertz CT molecular complexity index is 497. The van der Waals surface area contributed by atoms with Crippen molar-refractivity contribution in [3.63, 3.8) is 0 Å². The van der Waals surface area contributed by atoms with Gasteiger partial charge < -0.3 is 20.1 Å². The van der Waals surface area contributed by atoms with Crippen LogP contribution in [0, 0.1) is 5.92 Å². The van der Waals surface area contributed by atoms with Gasteiger partial charge in [0, 0.05) is 24.1 Å². The van der Waals surface area contributed by atoms with Gasteiger partial charge in [-0.05, 0) is 45.8 Å². The summed E-state index contributed by atoms with van der Waals surface area (Å²) in [6, 6.07) is 8.16. The summed E-state index contributed by atoms with van der Waals surface area (Å²) in [6.45, 7) is 7.09. The normalized spacial score (nSPS) is 16.5. The van der Waals surface area contributed by atoms with Crippen molar-refractivity contribution in [1.82, 2.24) is 10.2 Å². The number of carbonyl (C=O) groups is 1. The number of nitrogens with one attached hydrogen (secondary N) is 1. The van der Waals surface area contributed by atoms with Crippen LogP contribution in [0.3, 0.4) is 0 Å². The van der Waals surface area contributed by atoms with Crippen LogP contribution in [-0.2, 0) is 11.3 Å². The quantitative estimate of drug-likeness (QED) is 0.804. The summed E-state index contributed by atoms with van der Waals surface area (Å²) in [5.41, 5.74) is 0.939. The lowest BCUT2D eigenvalue weighted by Gasteiger charge is -2.34. The molecule has 0 bridgehead atoms. The number of piperidine rings is 1. The highest BCUT2D eigenvalue weighted by atomic mass is 16.5. The van der Waals surface area contributed by atoms with E-state index in [1.54, 1.807) is 0 Å². The molecule has 0 aromatic heterocycles. The molecule has 0 spiro atoms. The number of rotatable bonds is 7. The van der Waals surface area contributed by atoms with Crippen molar-refractivity contribution in [2.75, 3.05) is 26.3 Å². The molecule has 0 aliphatic carbocycles. The molecule has 0 atom stereocenters. The molecule has 1 aromatic carbocycles. The fourth-order valence-corrected chi connectivity index (χ4v) is 2.95. The Morgan fingerprint density at radius 1 is 1.35 bits per heavy atom. The largest absolute Gasteiger partial charge is 0.491 e. The number of likely N-dealkylation sites (tertiary alicyclic amines) is 1. The standard InChI is InChI=1S/C18H28N2O3/c1-14(2)20-9-7-15(8-10-20)18(22)19-13-16-5-3-4-6-17(16)23-12-11-21/h3-6,14-15,21H,7-13H2,1-2H3,(H,19,22). The van der Waals surface area contributed by atoms with Gasteiger partial charge in [-0.15, -0.1) is 0 Å². The van der Waals surface area contributed by atoms with Crippen LogP contribution in [0.25, 0.3) is 0 Å². The number of aliphatic hydroxyl groups is 1. The van der Waals surface area contributed by atoms with Crippen LogP contribution in [0.1, 0.15) is 32.3 Å². The lowest BCUT2D eigenvalue weighted by atomic mass is 9.95. The van der Waals surface area contributed by atoms with Crippen molar-refractivity contribution in [2.24, 2.45) is 5.92 Å². The number of hydrogen-bond acceptors (Lipinski definition) is 4. The van der Waals surface area contributed by atoms with Crippen LogP contribution in [0.15, 0.2) is 24.3 Å². The van der Waals surface area contributed by atoms with Crippen LogP contribution in [-0.4, -0.2) is 48.3 Å². The molecule has 23 heavy (non-hydrogen) atoms. The van der Waals surface area contributed by atoms with Crippen molar-refractivity contribution >= 4 is 5.91 Å². The number of para-hydroxylation sites is 1. The van der Waals surface area contributed by atoms with E-state index in [-0.39, 0.29) is 25.0 Å². The molecule has 2 rings (SSSR count). The Morgan fingerprint density at radius 3 is 2.70 bits per heavy atom. The van der Waals surface area contributed by atoms with Crippen molar-refractivity contribution in [1.29, 1.82) is 0 Å². The molecule has 0 unspecified atom stereocenters. The maximum absolute atomic E-state index is 12.4. The zero-order valence-corrected chi connectivity index (χ0v) is 14.1. The predicted octanol–water partition coefficient (Wildman–Crippen LogP) is 1.79. The SMILES string of the molecule is CC(C)N1CCC(C(=O)NCc2ccccc2OCCO)CC1. The molecule has 2 N–H and O–H groups in total. The van der Waals surface area contributed by atoms with Gasteiger partial charge >= 0.3 is 0 Å². The van der Waals surface area contributed by atoms with Gasteiger partial charge in [-0.3, -0.25) is 4.79 Å². The van der Waals surface area contributed by atoms with Crippen LogP contribution in [0.4, 0.5) is 0 Å². The van der Waals surface area contributed by atoms with Crippen molar-refractivity contribution in [3.05, 3.63) is 29.8 Å². The summed E-state index contributed by atoms with van der Waals surface area (Å²) in [6.07, 6.45) is 1.85. The maximum atomic E-state index is 12.4. The minimum absolute atomic E-state index is 0.0187. The highest BCUT2D eigenvalue weighted by molar-refractivity contribution is 5.78. The number of amides is 1. The molecule has 128 valence electrons. The third kappa shape index (κ3) is 5.22. The first-order valence-electron chi connectivity index (χ1n) is 8.45. The molecular weight excluding hydrogens is 292 g/mol. The van der Waals surface area contributed by atoms with Crippen LogP contribution in [0.2, 0.25) is 0 Å². The van der Waals surface area contributed by atoms with Crippen LogP contribution in [0.5, 0.6) is 5.75 Å². The Labute approximate surface area is 138 Å². The second-order valence-corrected chi connectivity index (χ2v) is 6.30. The predicted molar refractivity (Wildman–Crippen MR) is 90.3 cm³/mol. The molecule has 1 aliphatic heterocycles. The number of ether oxygens (including phenoxy) is 1. The summed E-state index contributed by atoms with van der Waals surface area (Å²) in [5.74, 6) is 0.956. The molecule has 5 heteroatoms. The van der Waals surface area contributed by atoms with Crippen LogP contribution >= 0.6 is 0 Å². The van der Waals surface area contributed by atoms with E-state index in [0.29, 0.717) is 12.6 Å². The summed E-state index contributed by atoms with van der Waals surface area (Å²) in [7, 11) is 0. The Morgan fingerprint density at radius 2 is 2.04 bits per heavy atom. The number of hydrogen-bond donors (Lipinski definition) is 2. The van der Waals surface area contributed by atoms with E-state index in [0.717, 1.165) is 37.2 Å². The zero-order valence-electron chi connectivity index (χ0n) is 14.1. The van der Waals surface area contributed by atoms with Gasteiger partial charge in [-0.25, -0.2) is 0 Å². The molecule has 1 fully saturated rings. The molecule has 1 aliphatic rings. The average Bonchev–Trinajstić information content (AvgIpc) is 2.58. The minimum Gasteiger partial charge on any atom is -0.491 e. The first-order valence-corrected chi connectivity index (χ1v) is 8.45. The van der Waals surface area contributed by atoms with Gasteiger partial charge in [-0.2, -0.15) is 0 Å². The molecule has 1 saturated heterocycles. The average molecular weight is 320 g/mol. The third-order valence-electron chi connectivity index (χ3n) is 4.41. The minimum atomic E-state index is -0.0187. The van der Waals surface area contributed by atoms with E-state index < -0.39 is 0 Å². The van der Waals surface area contributed by atoms with Crippen LogP contribution < -0.4 is 10.1 Å². The van der Waals surface area contributed by atoms with Gasteiger partial charge in [-0.1, -0.05) is 18.2 Å².